The third kappa shape index (κ3) is 4.38. The van der Waals surface area contributed by atoms with E-state index in [0.29, 0.717) is 35.7 Å². The first kappa shape index (κ1) is 25.7. The van der Waals surface area contributed by atoms with Crippen molar-refractivity contribution in [2.24, 2.45) is 5.92 Å². The molecule has 0 bridgehead atoms. The number of nitrogens with zero attached hydrogens (tertiary/aromatic N) is 2. The number of aliphatic hydroxyl groups is 2. The first-order chi connectivity index (χ1) is 18.4. The van der Waals surface area contributed by atoms with E-state index in [9.17, 15) is 19.8 Å². The molecular formula is C31H32N2O5. The highest BCUT2D eigenvalue weighted by Crippen LogP contribution is 2.49. The van der Waals surface area contributed by atoms with E-state index in [1.54, 1.807) is 49.3 Å². The molecule has 0 aliphatic carbocycles. The van der Waals surface area contributed by atoms with Crippen LogP contribution in [-0.4, -0.2) is 46.7 Å². The average molecular weight is 513 g/mol. The number of aliphatic hydroxyl groups excluding tert-OH is 1. The van der Waals surface area contributed by atoms with Gasteiger partial charge in [0.1, 0.15) is 5.75 Å². The van der Waals surface area contributed by atoms with Gasteiger partial charge in [0.05, 0.1) is 25.4 Å². The quantitative estimate of drug-likeness (QED) is 0.466. The Balaban J connectivity index is 1.38. The van der Waals surface area contributed by atoms with Gasteiger partial charge in [0.15, 0.2) is 5.60 Å². The second-order valence-electron chi connectivity index (χ2n) is 9.88. The highest BCUT2D eigenvalue weighted by molar-refractivity contribution is 6.12. The third-order valence-electron chi connectivity index (χ3n) is 7.66. The number of rotatable bonds is 7. The van der Waals surface area contributed by atoms with Gasteiger partial charge in [0, 0.05) is 30.1 Å². The predicted molar refractivity (Wildman–Crippen MR) is 145 cm³/mol. The van der Waals surface area contributed by atoms with E-state index in [1.165, 1.54) is 4.90 Å². The Morgan fingerprint density at radius 1 is 1.11 bits per heavy atom. The van der Waals surface area contributed by atoms with Gasteiger partial charge in [-0.2, -0.15) is 0 Å². The minimum Gasteiger partial charge on any atom is -0.497 e. The minimum absolute atomic E-state index is 0.0979. The van der Waals surface area contributed by atoms with Crippen molar-refractivity contribution in [3.05, 3.63) is 102 Å². The molecule has 7 heteroatoms. The lowest BCUT2D eigenvalue weighted by Gasteiger charge is -2.36. The van der Waals surface area contributed by atoms with Crippen LogP contribution in [0.1, 0.15) is 30.0 Å². The summed E-state index contributed by atoms with van der Waals surface area (Å²) in [7, 11) is 1.54. The lowest BCUT2D eigenvalue weighted by Crippen LogP contribution is -2.46. The van der Waals surface area contributed by atoms with Crippen molar-refractivity contribution in [2.75, 3.05) is 18.6 Å². The number of anilines is 2. The molecule has 38 heavy (non-hydrogen) atoms. The molecule has 0 saturated heterocycles. The number of para-hydroxylation sites is 1. The molecule has 0 aromatic heterocycles. The summed E-state index contributed by atoms with van der Waals surface area (Å²) in [4.78, 5) is 30.2. The molecule has 2 N–H and O–H groups in total. The van der Waals surface area contributed by atoms with E-state index >= 15 is 0 Å². The molecule has 3 atom stereocenters. The van der Waals surface area contributed by atoms with Gasteiger partial charge in [-0.1, -0.05) is 61.5 Å². The summed E-state index contributed by atoms with van der Waals surface area (Å²) in [5.41, 5.74) is 2.11. The molecule has 0 saturated carbocycles. The Kier molecular flexibility index (Phi) is 7.06. The molecule has 3 aromatic rings. The molecule has 2 aliphatic rings. The van der Waals surface area contributed by atoms with Crippen LogP contribution in [0, 0.1) is 5.92 Å². The molecule has 2 aliphatic heterocycles. The number of ether oxygens (including phenoxy) is 1. The Hall–Kier alpha value is -3.94. The zero-order chi connectivity index (χ0) is 26.9. The fourth-order valence-electron chi connectivity index (χ4n) is 5.48. The van der Waals surface area contributed by atoms with Crippen LogP contribution in [0.5, 0.6) is 5.75 Å². The topological polar surface area (TPSA) is 90.3 Å². The van der Waals surface area contributed by atoms with Gasteiger partial charge in [-0.25, -0.2) is 0 Å². The van der Waals surface area contributed by atoms with E-state index in [0.717, 1.165) is 11.1 Å². The molecular weight excluding hydrogens is 480 g/mol. The third-order valence-corrected chi connectivity index (χ3v) is 7.66. The Labute approximate surface area is 222 Å². The second kappa shape index (κ2) is 10.4. The number of benzene rings is 3. The number of carbonyl (C=O) groups excluding carboxylic acids is 2. The van der Waals surface area contributed by atoms with Crippen molar-refractivity contribution in [3.63, 3.8) is 0 Å². The molecule has 2 heterocycles. The number of methoxy groups -OCH3 is 1. The molecule has 5 rings (SSSR count). The minimum atomic E-state index is -1.84. The lowest BCUT2D eigenvalue weighted by atomic mass is 9.82. The van der Waals surface area contributed by atoms with E-state index in [2.05, 4.69) is 0 Å². The maximum atomic E-state index is 13.8. The van der Waals surface area contributed by atoms with Crippen LogP contribution in [0.2, 0.25) is 0 Å². The zero-order valence-electron chi connectivity index (χ0n) is 21.6. The average Bonchev–Trinajstić information content (AvgIpc) is 3.18. The maximum Gasteiger partial charge on any atom is 0.268 e. The van der Waals surface area contributed by atoms with Gasteiger partial charge < -0.3 is 19.8 Å². The predicted octanol–water partition coefficient (Wildman–Crippen LogP) is 4.09. The second-order valence-corrected chi connectivity index (χ2v) is 9.88. The number of hydrogen-bond donors (Lipinski definition) is 2. The Bertz CT molecular complexity index is 1370. The molecule has 7 nitrogen and oxygen atoms in total. The summed E-state index contributed by atoms with van der Waals surface area (Å²) in [6.07, 6.45) is 4.14. The molecule has 3 aromatic carbocycles. The smallest absolute Gasteiger partial charge is 0.268 e. The van der Waals surface area contributed by atoms with Gasteiger partial charge >= 0.3 is 0 Å². The van der Waals surface area contributed by atoms with Crippen molar-refractivity contribution < 1.29 is 24.5 Å². The number of fused-ring (bicyclic) bond motifs is 2. The lowest BCUT2D eigenvalue weighted by molar-refractivity contribution is -0.138. The van der Waals surface area contributed by atoms with Gasteiger partial charge in [-0.3, -0.25) is 14.5 Å². The summed E-state index contributed by atoms with van der Waals surface area (Å²) >= 11 is 0. The summed E-state index contributed by atoms with van der Waals surface area (Å²) in [6, 6.07) is 22.1. The fraction of sp³-hybridized carbons (Fsp3) is 0.290. The SMILES string of the molecule is COc1ccc2c(c1)[C@@](O)([C@H](C)/C=C/CC(=O)N1Cc3ccccc3C[C@H]1CO)C(=O)N2c1ccccc1. The molecule has 2 amide bonds. The molecule has 0 fully saturated rings. The van der Waals surface area contributed by atoms with Crippen LogP contribution in [-0.2, 0) is 28.2 Å². The van der Waals surface area contributed by atoms with Crippen molar-refractivity contribution >= 4 is 23.2 Å². The van der Waals surface area contributed by atoms with Gasteiger partial charge in [-0.15, -0.1) is 0 Å². The van der Waals surface area contributed by atoms with Crippen molar-refractivity contribution in [2.45, 2.75) is 38.0 Å². The Morgan fingerprint density at radius 3 is 2.53 bits per heavy atom. The molecule has 196 valence electrons. The fourth-order valence-corrected chi connectivity index (χ4v) is 5.48. The summed E-state index contributed by atoms with van der Waals surface area (Å²) in [5.74, 6) is -0.655. The molecule has 0 unspecified atom stereocenters. The summed E-state index contributed by atoms with van der Waals surface area (Å²) in [5, 5.41) is 21.8. The summed E-state index contributed by atoms with van der Waals surface area (Å²) in [6.45, 7) is 2.11. The van der Waals surface area contributed by atoms with E-state index in [-0.39, 0.29) is 25.0 Å². The highest BCUT2D eigenvalue weighted by Gasteiger charge is 2.53. The van der Waals surface area contributed by atoms with Crippen LogP contribution >= 0.6 is 0 Å². The number of amides is 2. The van der Waals surface area contributed by atoms with Crippen LogP contribution in [0.3, 0.4) is 0 Å². The van der Waals surface area contributed by atoms with E-state index in [1.807, 2.05) is 54.6 Å². The summed E-state index contributed by atoms with van der Waals surface area (Å²) < 4.78 is 5.38. The van der Waals surface area contributed by atoms with Crippen molar-refractivity contribution in [1.29, 1.82) is 0 Å². The molecule has 0 radical (unpaired) electrons. The van der Waals surface area contributed by atoms with E-state index in [4.69, 9.17) is 4.74 Å². The first-order valence-corrected chi connectivity index (χ1v) is 12.8. The van der Waals surface area contributed by atoms with Crippen LogP contribution < -0.4 is 9.64 Å². The van der Waals surface area contributed by atoms with Crippen LogP contribution in [0.4, 0.5) is 11.4 Å². The van der Waals surface area contributed by atoms with Gasteiger partial charge in [0.25, 0.3) is 5.91 Å². The van der Waals surface area contributed by atoms with Gasteiger partial charge in [0.2, 0.25) is 5.91 Å². The number of carbonyl (C=O) groups is 2. The monoisotopic (exact) mass is 512 g/mol. The van der Waals surface area contributed by atoms with Crippen LogP contribution in [0.25, 0.3) is 0 Å². The highest BCUT2D eigenvalue weighted by atomic mass is 16.5. The standard InChI is InChI=1S/C31H32N2O5/c1-21(9-8-14-29(35)32-19-23-11-7-6-10-22(23)17-25(32)20-34)31(37)27-18-26(38-2)15-16-28(27)33(30(31)36)24-12-4-3-5-13-24/h3-13,15-16,18,21,25,34,37H,14,17,19-20H2,1-2H3/b9-8+/t21-,25+,31+/m1/s1. The normalized spacial score (nSPS) is 21.4. The van der Waals surface area contributed by atoms with Crippen molar-refractivity contribution in [3.8, 4) is 5.75 Å². The van der Waals surface area contributed by atoms with Gasteiger partial charge in [-0.05, 0) is 47.9 Å². The van der Waals surface area contributed by atoms with Crippen LogP contribution in [0.15, 0.2) is 84.9 Å². The number of hydrogen-bond acceptors (Lipinski definition) is 5. The first-order valence-electron chi connectivity index (χ1n) is 12.8. The molecule has 0 spiro atoms. The largest absolute Gasteiger partial charge is 0.497 e. The Morgan fingerprint density at radius 2 is 1.82 bits per heavy atom. The maximum absolute atomic E-state index is 13.8. The zero-order valence-corrected chi connectivity index (χ0v) is 21.6. The van der Waals surface area contributed by atoms with Crippen molar-refractivity contribution in [1.82, 2.24) is 4.90 Å². The van der Waals surface area contributed by atoms with E-state index < -0.39 is 17.4 Å².